The maximum absolute atomic E-state index is 6.29. The van der Waals surface area contributed by atoms with Crippen molar-refractivity contribution in [2.45, 2.75) is 24.3 Å². The van der Waals surface area contributed by atoms with Gasteiger partial charge in [-0.25, -0.2) is 0 Å². The number of fused-ring (bicyclic) bond motifs is 1. The highest BCUT2D eigenvalue weighted by molar-refractivity contribution is 7.97. The lowest BCUT2D eigenvalue weighted by Crippen LogP contribution is -2.31. The van der Waals surface area contributed by atoms with E-state index in [0.717, 1.165) is 23.0 Å². The van der Waals surface area contributed by atoms with Crippen molar-refractivity contribution in [1.29, 1.82) is 0 Å². The summed E-state index contributed by atoms with van der Waals surface area (Å²) in [5.74, 6) is 0.368. The molecular weight excluding hydrogens is 300 g/mol. The van der Waals surface area contributed by atoms with E-state index in [1.165, 1.54) is 34.2 Å². The number of hydrogen-bond donors (Lipinski definition) is 1. The molecule has 2 N–H and O–H groups in total. The van der Waals surface area contributed by atoms with Gasteiger partial charge in [-0.2, -0.15) is 0 Å². The summed E-state index contributed by atoms with van der Waals surface area (Å²) in [6.45, 7) is 4.16. The van der Waals surface area contributed by atoms with Crippen molar-refractivity contribution in [2.24, 2.45) is 5.14 Å². The minimum atomic E-state index is 0.368. The van der Waals surface area contributed by atoms with Gasteiger partial charge in [-0.15, -0.1) is 0 Å². The summed E-state index contributed by atoms with van der Waals surface area (Å²) in [4.78, 5) is 3.46. The van der Waals surface area contributed by atoms with Crippen molar-refractivity contribution >= 4 is 23.5 Å². The Labute approximate surface area is 135 Å². The van der Waals surface area contributed by atoms with Gasteiger partial charge in [0.1, 0.15) is 0 Å². The van der Waals surface area contributed by atoms with Crippen LogP contribution in [0.2, 0.25) is 5.02 Å². The molecule has 0 bridgehead atoms. The zero-order valence-corrected chi connectivity index (χ0v) is 13.8. The van der Waals surface area contributed by atoms with Crippen LogP contribution in [0.4, 0.5) is 0 Å². The van der Waals surface area contributed by atoms with E-state index >= 15 is 0 Å². The van der Waals surface area contributed by atoms with E-state index in [0.29, 0.717) is 5.92 Å². The average Bonchev–Trinajstić information content (AvgIpc) is 2.47. The molecule has 2 aromatic carbocycles. The van der Waals surface area contributed by atoms with E-state index < -0.39 is 0 Å². The van der Waals surface area contributed by atoms with Gasteiger partial charge in [0.25, 0.3) is 0 Å². The molecule has 1 atom stereocenters. The molecule has 3 rings (SSSR count). The number of aryl methyl sites for hydroxylation is 1. The van der Waals surface area contributed by atoms with Crippen LogP contribution < -0.4 is 5.14 Å². The zero-order chi connectivity index (χ0) is 15.0. The molecular formula is C17H19ClN2S. The summed E-state index contributed by atoms with van der Waals surface area (Å²) < 4.78 is 0. The molecule has 1 heterocycles. The third kappa shape index (κ3) is 2.97. The van der Waals surface area contributed by atoms with Crippen LogP contribution in [0.1, 0.15) is 28.2 Å². The smallest absolute Gasteiger partial charge is 0.0411 e. The van der Waals surface area contributed by atoms with Gasteiger partial charge in [0.15, 0.2) is 0 Å². The van der Waals surface area contributed by atoms with Gasteiger partial charge in [0.2, 0.25) is 0 Å². The third-order valence-corrected chi connectivity index (χ3v) is 4.95. The normalized spacial score (nSPS) is 18.6. The first kappa shape index (κ1) is 14.9. The molecule has 4 heteroatoms. The van der Waals surface area contributed by atoms with E-state index in [9.17, 15) is 0 Å². The lowest BCUT2D eigenvalue weighted by molar-refractivity contribution is 0.294. The molecule has 21 heavy (non-hydrogen) atoms. The fourth-order valence-electron chi connectivity index (χ4n) is 3.13. The van der Waals surface area contributed by atoms with Crippen molar-refractivity contribution in [2.75, 3.05) is 13.6 Å². The van der Waals surface area contributed by atoms with Crippen LogP contribution in [0.15, 0.2) is 41.3 Å². The predicted molar refractivity (Wildman–Crippen MR) is 90.9 cm³/mol. The number of halogens is 1. The van der Waals surface area contributed by atoms with E-state index in [2.05, 4.69) is 55.3 Å². The second-order valence-corrected chi connectivity index (χ2v) is 6.87. The molecule has 1 aliphatic heterocycles. The van der Waals surface area contributed by atoms with Crippen LogP contribution in [-0.2, 0) is 6.54 Å². The maximum atomic E-state index is 6.29. The Morgan fingerprint density at radius 1 is 1.24 bits per heavy atom. The standard InChI is InChI=1S/C17H19ClN2S/c1-11-7-13(18)8-15-16(11)9-20(2)10-17(15)12-3-5-14(21-19)6-4-12/h3-8,17H,9-10,19H2,1-2H3. The number of benzene rings is 2. The highest BCUT2D eigenvalue weighted by Crippen LogP contribution is 2.36. The first-order valence-electron chi connectivity index (χ1n) is 7.02. The van der Waals surface area contributed by atoms with E-state index in [1.54, 1.807) is 0 Å². The second-order valence-electron chi connectivity index (χ2n) is 5.73. The van der Waals surface area contributed by atoms with Gasteiger partial charge in [0.05, 0.1) is 0 Å². The Kier molecular flexibility index (Phi) is 4.27. The van der Waals surface area contributed by atoms with Crippen molar-refractivity contribution in [3.05, 3.63) is 63.7 Å². The number of hydrogen-bond acceptors (Lipinski definition) is 3. The lowest BCUT2D eigenvalue weighted by atomic mass is 9.83. The SMILES string of the molecule is Cc1cc(Cl)cc2c1CN(C)CC2c1ccc(SN)cc1. The Hall–Kier alpha value is -1.00. The monoisotopic (exact) mass is 318 g/mol. The Morgan fingerprint density at radius 2 is 1.95 bits per heavy atom. The Balaban J connectivity index is 2.07. The molecule has 0 saturated heterocycles. The van der Waals surface area contributed by atoms with E-state index in [1.807, 2.05) is 0 Å². The average molecular weight is 319 g/mol. The van der Waals surface area contributed by atoms with Crippen LogP contribution in [0.25, 0.3) is 0 Å². The topological polar surface area (TPSA) is 29.3 Å². The van der Waals surface area contributed by atoms with E-state index in [4.69, 9.17) is 16.7 Å². The molecule has 0 radical (unpaired) electrons. The summed E-state index contributed by atoms with van der Waals surface area (Å²) >= 11 is 7.57. The molecule has 0 aromatic heterocycles. The first-order valence-corrected chi connectivity index (χ1v) is 8.28. The van der Waals surface area contributed by atoms with Gasteiger partial charge in [0, 0.05) is 28.9 Å². The lowest BCUT2D eigenvalue weighted by Gasteiger charge is -2.34. The fraction of sp³-hybridized carbons (Fsp3) is 0.294. The van der Waals surface area contributed by atoms with Crippen LogP contribution in [0.3, 0.4) is 0 Å². The minimum absolute atomic E-state index is 0.368. The minimum Gasteiger partial charge on any atom is -0.301 e. The number of nitrogens with two attached hydrogens (primary N) is 1. The van der Waals surface area contributed by atoms with Gasteiger partial charge >= 0.3 is 0 Å². The zero-order valence-electron chi connectivity index (χ0n) is 12.3. The Morgan fingerprint density at radius 3 is 2.62 bits per heavy atom. The molecule has 1 unspecified atom stereocenters. The molecule has 110 valence electrons. The molecule has 2 aromatic rings. The van der Waals surface area contributed by atoms with Crippen molar-refractivity contribution in [3.8, 4) is 0 Å². The van der Waals surface area contributed by atoms with Crippen molar-refractivity contribution in [3.63, 3.8) is 0 Å². The van der Waals surface area contributed by atoms with Crippen LogP contribution in [-0.4, -0.2) is 18.5 Å². The van der Waals surface area contributed by atoms with Crippen LogP contribution in [0.5, 0.6) is 0 Å². The van der Waals surface area contributed by atoms with Gasteiger partial charge in [-0.3, -0.25) is 5.14 Å². The number of nitrogens with zero attached hydrogens (tertiary/aromatic N) is 1. The summed E-state index contributed by atoms with van der Waals surface area (Å²) in [6, 6.07) is 12.7. The van der Waals surface area contributed by atoms with Crippen LogP contribution >= 0.6 is 23.5 Å². The van der Waals surface area contributed by atoms with Gasteiger partial charge in [-0.1, -0.05) is 23.7 Å². The summed E-state index contributed by atoms with van der Waals surface area (Å²) in [5, 5.41) is 6.44. The third-order valence-electron chi connectivity index (χ3n) is 4.19. The first-order chi connectivity index (χ1) is 10.1. The van der Waals surface area contributed by atoms with Crippen LogP contribution in [0, 0.1) is 6.92 Å². The molecule has 0 amide bonds. The summed E-state index contributed by atoms with van der Waals surface area (Å²) in [7, 11) is 2.17. The second kappa shape index (κ2) is 6.01. The van der Waals surface area contributed by atoms with Gasteiger partial charge < -0.3 is 4.90 Å². The molecule has 0 fully saturated rings. The van der Waals surface area contributed by atoms with Gasteiger partial charge in [-0.05, 0) is 72.4 Å². The fourth-order valence-corrected chi connectivity index (χ4v) is 3.71. The molecule has 1 aliphatic rings. The number of rotatable bonds is 2. The quantitative estimate of drug-likeness (QED) is 0.842. The Bertz CT molecular complexity index is 655. The molecule has 0 aliphatic carbocycles. The predicted octanol–water partition coefficient (Wildman–Crippen LogP) is 4.19. The largest absolute Gasteiger partial charge is 0.301 e. The molecule has 0 spiro atoms. The molecule has 0 saturated carbocycles. The molecule has 2 nitrogen and oxygen atoms in total. The highest BCUT2D eigenvalue weighted by atomic mass is 35.5. The van der Waals surface area contributed by atoms with Crippen molar-refractivity contribution in [1.82, 2.24) is 4.90 Å². The highest BCUT2D eigenvalue weighted by Gasteiger charge is 2.26. The van der Waals surface area contributed by atoms with Crippen molar-refractivity contribution < 1.29 is 0 Å². The summed E-state index contributed by atoms with van der Waals surface area (Å²) in [6.07, 6.45) is 0. The number of likely N-dealkylation sites (N-methyl/N-ethyl adjacent to an activating group) is 1. The maximum Gasteiger partial charge on any atom is 0.0411 e. The summed E-state index contributed by atoms with van der Waals surface area (Å²) in [5.41, 5.74) is 5.38. The van der Waals surface area contributed by atoms with E-state index in [-0.39, 0.29) is 0 Å².